The summed E-state index contributed by atoms with van der Waals surface area (Å²) in [5.41, 5.74) is 2.02. The average molecular weight is 424 g/mol. The summed E-state index contributed by atoms with van der Waals surface area (Å²) in [7, 11) is 0. The molecule has 1 saturated heterocycles. The molecular formula is C23H25FN4O3. The van der Waals surface area contributed by atoms with E-state index in [0.717, 1.165) is 16.8 Å². The van der Waals surface area contributed by atoms with Crippen molar-refractivity contribution in [3.8, 4) is 17.1 Å². The van der Waals surface area contributed by atoms with E-state index in [1.807, 2.05) is 45.0 Å². The largest absolute Gasteiger partial charge is 0.444 e. The highest BCUT2D eigenvalue weighted by atomic mass is 19.1. The molecule has 31 heavy (non-hydrogen) atoms. The highest BCUT2D eigenvalue weighted by Crippen LogP contribution is 2.25. The van der Waals surface area contributed by atoms with Gasteiger partial charge in [0.15, 0.2) is 5.82 Å². The monoisotopic (exact) mass is 424 g/mol. The lowest BCUT2D eigenvalue weighted by atomic mass is 10.1. The number of nitrogens with zero attached hydrogens (tertiary/aromatic N) is 4. The van der Waals surface area contributed by atoms with Gasteiger partial charge in [0.2, 0.25) is 0 Å². The maximum absolute atomic E-state index is 13.1. The van der Waals surface area contributed by atoms with Gasteiger partial charge in [-0.1, -0.05) is 12.1 Å². The van der Waals surface area contributed by atoms with Crippen LogP contribution in [0.15, 0.2) is 54.9 Å². The SMILES string of the molecule is CC(C)(C)OC(=O)N1CCO[C@@H](c2ccc(-n3cnc(-c4ccc(F)cc4)n3)cc2)C1. The number of carbonyl (C=O) groups excluding carboxylic acids is 1. The Hall–Kier alpha value is -3.26. The van der Waals surface area contributed by atoms with E-state index in [2.05, 4.69) is 10.1 Å². The predicted molar refractivity (Wildman–Crippen MR) is 113 cm³/mol. The Morgan fingerprint density at radius 1 is 1.13 bits per heavy atom. The normalized spacial score (nSPS) is 16.9. The molecular weight excluding hydrogens is 399 g/mol. The first-order chi connectivity index (χ1) is 14.8. The van der Waals surface area contributed by atoms with Gasteiger partial charge >= 0.3 is 6.09 Å². The Bertz CT molecular complexity index is 1040. The first kappa shape index (κ1) is 21.0. The lowest BCUT2D eigenvalue weighted by Gasteiger charge is -2.34. The van der Waals surface area contributed by atoms with Crippen molar-refractivity contribution in [1.82, 2.24) is 19.7 Å². The summed E-state index contributed by atoms with van der Waals surface area (Å²) in [6, 6.07) is 13.8. The smallest absolute Gasteiger partial charge is 0.410 e. The molecule has 1 aliphatic rings. The van der Waals surface area contributed by atoms with E-state index < -0.39 is 5.60 Å². The van der Waals surface area contributed by atoms with Crippen LogP contribution in [0.5, 0.6) is 0 Å². The maximum Gasteiger partial charge on any atom is 0.410 e. The molecule has 1 fully saturated rings. The molecule has 0 spiro atoms. The summed E-state index contributed by atoms with van der Waals surface area (Å²) in [5, 5.41) is 4.47. The van der Waals surface area contributed by atoms with Gasteiger partial charge < -0.3 is 14.4 Å². The van der Waals surface area contributed by atoms with E-state index in [4.69, 9.17) is 9.47 Å². The minimum absolute atomic E-state index is 0.221. The van der Waals surface area contributed by atoms with Crippen molar-refractivity contribution in [2.75, 3.05) is 19.7 Å². The van der Waals surface area contributed by atoms with Gasteiger partial charge in [-0.25, -0.2) is 18.9 Å². The standard InChI is InChI=1S/C23H25FN4O3/c1-23(2,3)31-22(29)27-12-13-30-20(14-27)16-6-10-19(11-7-16)28-15-25-21(26-28)17-4-8-18(24)9-5-17/h4-11,15,20H,12-14H2,1-3H3/t20-/m1/s1. The summed E-state index contributed by atoms with van der Waals surface area (Å²) < 4.78 is 26.1. The highest BCUT2D eigenvalue weighted by molar-refractivity contribution is 5.68. The van der Waals surface area contributed by atoms with Gasteiger partial charge in [-0.15, -0.1) is 5.10 Å². The number of hydrogen-bond donors (Lipinski definition) is 0. The van der Waals surface area contributed by atoms with Gasteiger partial charge in [0.1, 0.15) is 23.8 Å². The first-order valence-corrected chi connectivity index (χ1v) is 10.2. The topological polar surface area (TPSA) is 69.5 Å². The maximum atomic E-state index is 13.1. The second-order valence-electron chi connectivity index (χ2n) is 8.40. The average Bonchev–Trinajstić information content (AvgIpc) is 3.23. The van der Waals surface area contributed by atoms with E-state index in [0.29, 0.717) is 25.5 Å². The highest BCUT2D eigenvalue weighted by Gasteiger charge is 2.28. The molecule has 1 aliphatic heterocycles. The lowest BCUT2D eigenvalue weighted by Crippen LogP contribution is -2.44. The second-order valence-corrected chi connectivity index (χ2v) is 8.40. The fourth-order valence-corrected chi connectivity index (χ4v) is 3.30. The summed E-state index contributed by atoms with van der Waals surface area (Å²) >= 11 is 0. The first-order valence-electron chi connectivity index (χ1n) is 10.2. The van der Waals surface area contributed by atoms with Crippen LogP contribution in [0.4, 0.5) is 9.18 Å². The fourth-order valence-electron chi connectivity index (χ4n) is 3.30. The third-order valence-electron chi connectivity index (χ3n) is 4.84. The van der Waals surface area contributed by atoms with Crippen LogP contribution in [0.3, 0.4) is 0 Å². The van der Waals surface area contributed by atoms with Crippen molar-refractivity contribution in [2.24, 2.45) is 0 Å². The van der Waals surface area contributed by atoms with Crippen molar-refractivity contribution in [2.45, 2.75) is 32.5 Å². The zero-order valence-corrected chi connectivity index (χ0v) is 17.8. The summed E-state index contributed by atoms with van der Waals surface area (Å²) in [6.07, 6.45) is 1.07. The number of carbonyl (C=O) groups is 1. The van der Waals surface area contributed by atoms with E-state index in [-0.39, 0.29) is 18.0 Å². The number of amides is 1. The van der Waals surface area contributed by atoms with E-state index in [1.165, 1.54) is 12.1 Å². The summed E-state index contributed by atoms with van der Waals surface area (Å²) in [6.45, 7) is 6.96. The lowest BCUT2D eigenvalue weighted by molar-refractivity contribution is -0.0432. The summed E-state index contributed by atoms with van der Waals surface area (Å²) in [5.74, 6) is 0.224. The molecule has 7 nitrogen and oxygen atoms in total. The molecule has 1 aromatic heterocycles. The van der Waals surface area contributed by atoms with E-state index >= 15 is 0 Å². The molecule has 162 valence electrons. The molecule has 0 saturated carbocycles. The number of ether oxygens (including phenoxy) is 2. The van der Waals surface area contributed by atoms with E-state index in [1.54, 1.807) is 28.0 Å². The second kappa shape index (κ2) is 8.47. The van der Waals surface area contributed by atoms with Crippen LogP contribution in [0, 0.1) is 5.82 Å². The van der Waals surface area contributed by atoms with Gasteiger partial charge in [0.05, 0.1) is 18.8 Å². The zero-order chi connectivity index (χ0) is 22.0. The quantitative estimate of drug-likeness (QED) is 0.624. The molecule has 0 bridgehead atoms. The van der Waals surface area contributed by atoms with Crippen molar-refractivity contribution < 1.29 is 18.7 Å². The van der Waals surface area contributed by atoms with Crippen LogP contribution in [-0.2, 0) is 9.47 Å². The zero-order valence-electron chi connectivity index (χ0n) is 17.8. The van der Waals surface area contributed by atoms with Gasteiger partial charge in [-0.05, 0) is 62.7 Å². The molecule has 1 atom stereocenters. The van der Waals surface area contributed by atoms with Crippen molar-refractivity contribution in [1.29, 1.82) is 0 Å². The molecule has 0 unspecified atom stereocenters. The molecule has 2 aromatic carbocycles. The number of benzene rings is 2. The van der Waals surface area contributed by atoms with Gasteiger partial charge in [0.25, 0.3) is 0 Å². The Morgan fingerprint density at radius 2 is 1.84 bits per heavy atom. The number of morpholine rings is 1. The molecule has 4 rings (SSSR count). The van der Waals surface area contributed by atoms with Crippen molar-refractivity contribution in [3.63, 3.8) is 0 Å². The van der Waals surface area contributed by atoms with Crippen molar-refractivity contribution in [3.05, 3.63) is 66.2 Å². The van der Waals surface area contributed by atoms with Crippen molar-refractivity contribution >= 4 is 6.09 Å². The number of rotatable bonds is 3. The number of halogens is 1. The molecule has 0 N–H and O–H groups in total. The molecule has 2 heterocycles. The third-order valence-corrected chi connectivity index (χ3v) is 4.84. The number of hydrogen-bond acceptors (Lipinski definition) is 5. The van der Waals surface area contributed by atoms with Gasteiger partial charge in [-0.3, -0.25) is 0 Å². The summed E-state index contributed by atoms with van der Waals surface area (Å²) in [4.78, 5) is 18.4. The van der Waals surface area contributed by atoms with Gasteiger partial charge in [-0.2, -0.15) is 0 Å². The van der Waals surface area contributed by atoms with E-state index in [9.17, 15) is 9.18 Å². The van der Waals surface area contributed by atoms with Crippen LogP contribution < -0.4 is 0 Å². The molecule has 3 aromatic rings. The van der Waals surface area contributed by atoms with Crippen LogP contribution in [0.2, 0.25) is 0 Å². The Kier molecular flexibility index (Phi) is 5.73. The Morgan fingerprint density at radius 3 is 2.52 bits per heavy atom. The third kappa shape index (κ3) is 5.08. The Labute approximate surface area is 180 Å². The minimum atomic E-state index is -0.531. The van der Waals surface area contributed by atoms with Crippen LogP contribution in [0.25, 0.3) is 17.1 Å². The minimum Gasteiger partial charge on any atom is -0.444 e. The predicted octanol–water partition coefficient (Wildman–Crippen LogP) is 4.38. The van der Waals surface area contributed by atoms with Crippen LogP contribution >= 0.6 is 0 Å². The fraction of sp³-hybridized carbons (Fsp3) is 0.348. The number of aromatic nitrogens is 3. The molecule has 0 aliphatic carbocycles. The Balaban J connectivity index is 1.45. The molecule has 0 radical (unpaired) electrons. The van der Waals surface area contributed by atoms with Crippen LogP contribution in [0.1, 0.15) is 32.4 Å². The van der Waals surface area contributed by atoms with Gasteiger partial charge in [0, 0.05) is 12.1 Å². The van der Waals surface area contributed by atoms with Crippen LogP contribution in [-0.4, -0.2) is 51.1 Å². The molecule has 8 heteroatoms. The molecule has 1 amide bonds.